The van der Waals surface area contributed by atoms with Crippen LogP contribution in [0.4, 0.5) is 24.5 Å². The Bertz CT molecular complexity index is 1580. The van der Waals surface area contributed by atoms with Gasteiger partial charge in [0.05, 0.1) is 29.4 Å². The van der Waals surface area contributed by atoms with E-state index in [9.17, 15) is 35.1 Å². The van der Waals surface area contributed by atoms with E-state index in [2.05, 4.69) is 12.6 Å². The number of halogens is 3. The van der Waals surface area contributed by atoms with Gasteiger partial charge in [0.1, 0.15) is 0 Å². The summed E-state index contributed by atoms with van der Waals surface area (Å²) < 4.78 is 95.5. The number of sulfonamides is 2. The van der Waals surface area contributed by atoms with Gasteiger partial charge in [0.25, 0.3) is 0 Å². The van der Waals surface area contributed by atoms with Crippen LogP contribution in [-0.4, -0.2) is 70.9 Å². The summed E-state index contributed by atoms with van der Waals surface area (Å²) in [7, 11) is -7.81. The van der Waals surface area contributed by atoms with Crippen molar-refractivity contribution < 1.29 is 35.1 Å². The number of anilines is 2. The second-order valence-corrected chi connectivity index (χ2v) is 14.2. The van der Waals surface area contributed by atoms with Crippen molar-refractivity contribution in [3.63, 3.8) is 0 Å². The number of aliphatic hydroxyl groups is 1. The Morgan fingerprint density at radius 3 is 2.07 bits per heavy atom. The van der Waals surface area contributed by atoms with Crippen LogP contribution in [0.15, 0.2) is 88.7 Å². The number of para-hydroxylation sites is 1. The first kappa shape index (κ1) is 31.2. The number of thiol groups is 1. The summed E-state index contributed by atoms with van der Waals surface area (Å²) in [4.78, 5) is 2.05. The quantitative estimate of drug-likeness (QED) is 0.365. The van der Waals surface area contributed by atoms with E-state index in [1.54, 1.807) is 53.4 Å². The summed E-state index contributed by atoms with van der Waals surface area (Å²) in [5, 5.41) is 10.1. The molecule has 1 unspecified atom stereocenters. The van der Waals surface area contributed by atoms with E-state index in [0.29, 0.717) is 18.3 Å². The molecule has 0 bridgehead atoms. The molecule has 1 saturated heterocycles. The van der Waals surface area contributed by atoms with Crippen LogP contribution in [0.5, 0.6) is 0 Å². The van der Waals surface area contributed by atoms with E-state index in [-0.39, 0.29) is 41.5 Å². The van der Waals surface area contributed by atoms with Gasteiger partial charge in [-0.05, 0) is 48.9 Å². The molecule has 8 nitrogen and oxygen atoms in total. The molecule has 0 spiro atoms. The van der Waals surface area contributed by atoms with Gasteiger partial charge in [-0.15, -0.1) is 12.6 Å². The first-order valence-electron chi connectivity index (χ1n) is 12.5. The third-order valence-corrected chi connectivity index (χ3v) is 10.7. The highest BCUT2D eigenvalue weighted by Gasteiger charge is 2.51. The molecule has 0 aliphatic carbocycles. The maximum Gasteiger partial charge on any atom is 0.421 e. The highest BCUT2D eigenvalue weighted by molar-refractivity contribution is 7.92. The van der Waals surface area contributed by atoms with Crippen molar-refractivity contribution in [3.05, 3.63) is 84.4 Å². The Labute approximate surface area is 243 Å². The standard InChI is InChI=1S/C27H30F3N3O5S3/c1-26(34,27(28,29)30)20-12-14-21(15-13-20)32-17-16-31(41(37,38)25-11-7-6-10-24(25)39)18-23(32)19-33(40(2,35)36)22-8-4-3-5-9-22/h3-15,23,34,39H,16-19H2,1-2H3/t23-,26?/m1/s1. The average Bonchev–Trinajstić information content (AvgIpc) is 2.91. The van der Waals surface area contributed by atoms with Crippen LogP contribution in [0.3, 0.4) is 0 Å². The van der Waals surface area contributed by atoms with Gasteiger partial charge in [-0.2, -0.15) is 17.5 Å². The minimum atomic E-state index is -4.90. The van der Waals surface area contributed by atoms with Crippen LogP contribution in [0.1, 0.15) is 12.5 Å². The normalized spacial score (nSPS) is 18.6. The van der Waals surface area contributed by atoms with Gasteiger partial charge in [-0.1, -0.05) is 42.5 Å². The molecule has 1 N–H and O–H groups in total. The molecular weight excluding hydrogens is 600 g/mol. The van der Waals surface area contributed by atoms with Crippen molar-refractivity contribution in [3.8, 4) is 0 Å². The van der Waals surface area contributed by atoms with Crippen molar-refractivity contribution in [2.75, 3.05) is 41.6 Å². The Morgan fingerprint density at radius 1 is 0.927 bits per heavy atom. The molecule has 4 rings (SSSR count). The summed E-state index contributed by atoms with van der Waals surface area (Å²) >= 11 is 4.30. The largest absolute Gasteiger partial charge is 0.421 e. The van der Waals surface area contributed by atoms with Crippen molar-refractivity contribution in [1.82, 2.24) is 4.31 Å². The monoisotopic (exact) mass is 629 g/mol. The molecule has 1 fully saturated rings. The number of nitrogens with zero attached hydrogens (tertiary/aromatic N) is 3. The molecule has 0 amide bonds. The molecule has 1 aliphatic rings. The van der Waals surface area contributed by atoms with E-state index in [4.69, 9.17) is 0 Å². The highest BCUT2D eigenvalue weighted by Crippen LogP contribution is 2.39. The lowest BCUT2D eigenvalue weighted by Crippen LogP contribution is -2.59. The van der Waals surface area contributed by atoms with E-state index in [0.717, 1.165) is 18.4 Å². The molecule has 41 heavy (non-hydrogen) atoms. The number of hydrogen-bond acceptors (Lipinski definition) is 7. The smallest absolute Gasteiger partial charge is 0.376 e. The topological polar surface area (TPSA) is 98.2 Å². The van der Waals surface area contributed by atoms with Crippen LogP contribution in [0, 0.1) is 0 Å². The Kier molecular flexibility index (Phi) is 8.72. The Balaban J connectivity index is 1.73. The lowest BCUT2D eigenvalue weighted by atomic mass is 9.95. The number of piperazine rings is 1. The summed E-state index contributed by atoms with van der Waals surface area (Å²) in [6, 6.07) is 19.0. The van der Waals surface area contributed by atoms with Crippen molar-refractivity contribution >= 4 is 44.1 Å². The first-order chi connectivity index (χ1) is 19.0. The molecule has 222 valence electrons. The summed E-state index contributed by atoms with van der Waals surface area (Å²) in [5.41, 5.74) is -2.60. The fraction of sp³-hybridized carbons (Fsp3) is 0.333. The van der Waals surface area contributed by atoms with Crippen LogP contribution in [0.2, 0.25) is 0 Å². The van der Waals surface area contributed by atoms with Gasteiger partial charge in [0, 0.05) is 30.2 Å². The van der Waals surface area contributed by atoms with Crippen LogP contribution in [0.25, 0.3) is 0 Å². The molecule has 0 saturated carbocycles. The Morgan fingerprint density at radius 2 is 1.51 bits per heavy atom. The zero-order valence-electron chi connectivity index (χ0n) is 22.2. The van der Waals surface area contributed by atoms with Gasteiger partial charge in [-0.25, -0.2) is 16.8 Å². The summed E-state index contributed by atoms with van der Waals surface area (Å²) in [6.07, 6.45) is -3.85. The lowest BCUT2D eigenvalue weighted by Gasteiger charge is -2.44. The molecule has 0 radical (unpaired) electrons. The molecule has 1 aliphatic heterocycles. The third-order valence-electron chi connectivity index (χ3n) is 7.06. The van der Waals surface area contributed by atoms with Gasteiger partial charge in [0.15, 0.2) is 5.60 Å². The minimum absolute atomic E-state index is 0.0114. The summed E-state index contributed by atoms with van der Waals surface area (Å²) in [6.45, 7) is 0.579. The van der Waals surface area contributed by atoms with Crippen LogP contribution >= 0.6 is 12.6 Å². The molecule has 3 aromatic rings. The number of alkyl halides is 3. The number of hydrogen-bond donors (Lipinski definition) is 2. The first-order valence-corrected chi connectivity index (χ1v) is 16.2. The zero-order valence-corrected chi connectivity index (χ0v) is 24.8. The van der Waals surface area contributed by atoms with Crippen LogP contribution < -0.4 is 9.21 Å². The van der Waals surface area contributed by atoms with E-state index in [1.165, 1.54) is 26.8 Å². The molecule has 2 atom stereocenters. The molecule has 1 heterocycles. The van der Waals surface area contributed by atoms with Crippen molar-refractivity contribution in [2.45, 2.75) is 34.5 Å². The highest BCUT2D eigenvalue weighted by atomic mass is 32.2. The molecule has 0 aromatic heterocycles. The van der Waals surface area contributed by atoms with E-state index in [1.807, 2.05) is 0 Å². The van der Waals surface area contributed by atoms with Crippen molar-refractivity contribution in [1.29, 1.82) is 0 Å². The minimum Gasteiger partial charge on any atom is -0.376 e. The second kappa shape index (κ2) is 11.5. The van der Waals surface area contributed by atoms with E-state index >= 15 is 0 Å². The maximum atomic E-state index is 13.6. The zero-order chi connectivity index (χ0) is 30.2. The Hall–Kier alpha value is -2.78. The molecular formula is C27H30F3N3O5S3. The predicted octanol–water partition coefficient (Wildman–Crippen LogP) is 4.09. The summed E-state index contributed by atoms with van der Waals surface area (Å²) in [5.74, 6) is 0. The SMILES string of the molecule is CC(O)(c1ccc(N2CCN(S(=O)(=O)c3ccccc3S)C[C@@H]2CN(c2ccccc2)S(C)(=O)=O)cc1)C(F)(F)F. The maximum absolute atomic E-state index is 13.6. The van der Waals surface area contributed by atoms with Gasteiger partial charge >= 0.3 is 6.18 Å². The fourth-order valence-electron chi connectivity index (χ4n) is 4.71. The number of rotatable bonds is 8. The predicted molar refractivity (Wildman–Crippen MR) is 154 cm³/mol. The van der Waals surface area contributed by atoms with Gasteiger partial charge in [-0.3, -0.25) is 4.31 Å². The third kappa shape index (κ3) is 6.51. The van der Waals surface area contributed by atoms with Gasteiger partial charge in [0.2, 0.25) is 20.0 Å². The van der Waals surface area contributed by atoms with Crippen molar-refractivity contribution in [2.24, 2.45) is 0 Å². The van der Waals surface area contributed by atoms with Crippen LogP contribution in [-0.2, 0) is 25.6 Å². The lowest BCUT2D eigenvalue weighted by molar-refractivity contribution is -0.258. The molecule has 3 aromatic carbocycles. The average molecular weight is 630 g/mol. The fourth-order valence-corrected chi connectivity index (χ4v) is 7.72. The molecule has 14 heteroatoms. The van der Waals surface area contributed by atoms with Gasteiger partial charge < -0.3 is 10.0 Å². The second-order valence-electron chi connectivity index (χ2n) is 9.92. The number of benzene rings is 3. The van der Waals surface area contributed by atoms with E-state index < -0.39 is 37.9 Å².